The van der Waals surface area contributed by atoms with Gasteiger partial charge in [-0.05, 0) is 12.5 Å². The monoisotopic (exact) mass is 237 g/mol. The number of ether oxygens (including phenoxy) is 1. The van der Waals surface area contributed by atoms with Gasteiger partial charge in [0.2, 0.25) is 0 Å². The molecule has 1 rings (SSSR count). The molecule has 1 heterocycles. The van der Waals surface area contributed by atoms with Crippen LogP contribution in [0.1, 0.15) is 16.9 Å². The van der Waals surface area contributed by atoms with Gasteiger partial charge in [0.1, 0.15) is 5.69 Å². The highest BCUT2D eigenvalue weighted by molar-refractivity contribution is 5.91. The molecule has 17 heavy (non-hydrogen) atoms. The summed E-state index contributed by atoms with van der Waals surface area (Å²) >= 11 is 0. The highest BCUT2D eigenvalue weighted by Crippen LogP contribution is 1.88. The van der Waals surface area contributed by atoms with E-state index in [1.54, 1.807) is 6.08 Å². The number of hydrogen-bond acceptors (Lipinski definition) is 4. The lowest BCUT2D eigenvalue weighted by Gasteiger charge is -2.04. The van der Waals surface area contributed by atoms with Crippen molar-refractivity contribution in [3.8, 4) is 0 Å². The number of carbonyl (C=O) groups excluding carboxylic acids is 1. The average molecular weight is 237 g/mol. The lowest BCUT2D eigenvalue weighted by Crippen LogP contribution is -2.29. The van der Waals surface area contributed by atoms with Gasteiger partial charge in [-0.3, -0.25) is 9.59 Å². The molecule has 6 nitrogen and oxygen atoms in total. The van der Waals surface area contributed by atoms with E-state index in [4.69, 9.17) is 4.74 Å². The number of aromatic amines is 1. The van der Waals surface area contributed by atoms with Gasteiger partial charge in [0.25, 0.3) is 11.5 Å². The number of aromatic nitrogens is 2. The molecule has 0 aromatic carbocycles. The quantitative estimate of drug-likeness (QED) is 0.520. The normalized spacial score (nSPS) is 9.88. The zero-order chi connectivity index (χ0) is 12.5. The van der Waals surface area contributed by atoms with E-state index in [-0.39, 0.29) is 17.2 Å². The molecule has 0 bridgehead atoms. The Morgan fingerprint density at radius 2 is 2.35 bits per heavy atom. The number of nitrogens with zero attached hydrogens (tertiary/aromatic N) is 1. The van der Waals surface area contributed by atoms with E-state index in [0.29, 0.717) is 19.8 Å². The Labute approximate surface area is 98.7 Å². The molecule has 0 saturated heterocycles. The number of H-pyrrole nitrogens is 1. The first-order valence-electron chi connectivity index (χ1n) is 5.26. The van der Waals surface area contributed by atoms with Gasteiger partial charge in [0, 0.05) is 12.6 Å². The van der Waals surface area contributed by atoms with Crippen LogP contribution in [0.3, 0.4) is 0 Å². The van der Waals surface area contributed by atoms with Crippen LogP contribution < -0.4 is 10.9 Å². The summed E-state index contributed by atoms with van der Waals surface area (Å²) in [5, 5.41) is 8.41. The first-order valence-corrected chi connectivity index (χ1v) is 5.26. The van der Waals surface area contributed by atoms with Crippen LogP contribution in [0.5, 0.6) is 0 Å². The van der Waals surface area contributed by atoms with E-state index in [1.165, 1.54) is 12.1 Å². The molecule has 1 amide bonds. The smallest absolute Gasteiger partial charge is 0.271 e. The molecule has 0 unspecified atom stereocenters. The molecule has 1 aromatic heterocycles. The highest BCUT2D eigenvalue weighted by atomic mass is 16.5. The third-order valence-electron chi connectivity index (χ3n) is 1.91. The fourth-order valence-electron chi connectivity index (χ4n) is 1.07. The van der Waals surface area contributed by atoms with Gasteiger partial charge in [-0.2, -0.15) is 5.10 Å². The van der Waals surface area contributed by atoms with Crippen molar-refractivity contribution in [1.29, 1.82) is 0 Å². The summed E-state index contributed by atoms with van der Waals surface area (Å²) in [6, 6.07) is 2.62. The van der Waals surface area contributed by atoms with Crippen LogP contribution in [0.15, 0.2) is 29.6 Å². The van der Waals surface area contributed by atoms with Crippen molar-refractivity contribution in [2.75, 3.05) is 19.8 Å². The van der Waals surface area contributed by atoms with Crippen LogP contribution in [0.2, 0.25) is 0 Å². The minimum absolute atomic E-state index is 0.177. The molecule has 6 heteroatoms. The molecule has 0 saturated carbocycles. The number of amides is 1. The molecule has 0 aliphatic heterocycles. The van der Waals surface area contributed by atoms with Crippen molar-refractivity contribution in [3.63, 3.8) is 0 Å². The Morgan fingerprint density at radius 3 is 3.00 bits per heavy atom. The molecular weight excluding hydrogens is 222 g/mol. The van der Waals surface area contributed by atoms with E-state index < -0.39 is 0 Å². The predicted molar refractivity (Wildman–Crippen MR) is 62.8 cm³/mol. The summed E-state index contributed by atoms with van der Waals surface area (Å²) in [5.74, 6) is -0.339. The Bertz CT molecular complexity index is 408. The topological polar surface area (TPSA) is 84.1 Å². The molecule has 1 aromatic rings. The fraction of sp³-hybridized carbons (Fsp3) is 0.364. The second kappa shape index (κ2) is 7.34. The average Bonchev–Trinajstić information content (AvgIpc) is 2.34. The van der Waals surface area contributed by atoms with Crippen LogP contribution in [-0.4, -0.2) is 35.9 Å². The lowest BCUT2D eigenvalue weighted by atomic mass is 10.3. The van der Waals surface area contributed by atoms with Crippen molar-refractivity contribution in [3.05, 3.63) is 40.8 Å². The van der Waals surface area contributed by atoms with Gasteiger partial charge in [-0.1, -0.05) is 6.08 Å². The summed E-state index contributed by atoms with van der Waals surface area (Å²) in [6.45, 7) is 4.99. The van der Waals surface area contributed by atoms with Gasteiger partial charge in [0.05, 0.1) is 13.2 Å². The zero-order valence-corrected chi connectivity index (χ0v) is 9.44. The number of hydrogen-bond donors (Lipinski definition) is 2. The third kappa shape index (κ3) is 5.07. The zero-order valence-electron chi connectivity index (χ0n) is 9.44. The molecule has 0 spiro atoms. The van der Waals surface area contributed by atoms with Crippen LogP contribution in [-0.2, 0) is 4.74 Å². The first kappa shape index (κ1) is 13.1. The lowest BCUT2D eigenvalue weighted by molar-refractivity contribution is 0.0912. The van der Waals surface area contributed by atoms with Gasteiger partial charge < -0.3 is 10.1 Å². The van der Waals surface area contributed by atoms with Gasteiger partial charge >= 0.3 is 0 Å². The first-order chi connectivity index (χ1) is 8.24. The molecule has 0 aliphatic rings. The summed E-state index contributed by atoms with van der Waals surface area (Å²) < 4.78 is 5.22. The summed E-state index contributed by atoms with van der Waals surface area (Å²) in [7, 11) is 0. The molecule has 0 aliphatic carbocycles. The van der Waals surface area contributed by atoms with Crippen molar-refractivity contribution >= 4 is 5.91 Å². The molecule has 2 N–H and O–H groups in total. The Balaban J connectivity index is 2.23. The maximum absolute atomic E-state index is 11.5. The summed E-state index contributed by atoms with van der Waals surface area (Å²) in [4.78, 5) is 22.2. The van der Waals surface area contributed by atoms with E-state index >= 15 is 0 Å². The Hall–Kier alpha value is -1.95. The van der Waals surface area contributed by atoms with Crippen LogP contribution >= 0.6 is 0 Å². The number of carbonyl (C=O) groups is 1. The summed E-state index contributed by atoms with van der Waals surface area (Å²) in [6.07, 6.45) is 2.55. The standard InChI is InChI=1S/C11H15N3O3/c1-2-3-7-17-8-6-12-11(16)9-4-5-10(15)14-13-9/h2,4-5H,1,3,6-8H2,(H,12,16)(H,14,15). The number of rotatable bonds is 7. The van der Waals surface area contributed by atoms with Crippen LogP contribution in [0.4, 0.5) is 0 Å². The summed E-state index contributed by atoms with van der Waals surface area (Å²) in [5.41, 5.74) is -0.162. The minimum atomic E-state index is -0.339. The molecule has 0 fully saturated rings. The van der Waals surface area contributed by atoms with E-state index in [0.717, 1.165) is 6.42 Å². The maximum Gasteiger partial charge on any atom is 0.271 e. The van der Waals surface area contributed by atoms with Crippen LogP contribution in [0, 0.1) is 0 Å². The Morgan fingerprint density at radius 1 is 1.53 bits per heavy atom. The third-order valence-corrected chi connectivity index (χ3v) is 1.91. The van der Waals surface area contributed by atoms with Crippen LogP contribution in [0.25, 0.3) is 0 Å². The largest absolute Gasteiger partial charge is 0.379 e. The van der Waals surface area contributed by atoms with E-state index in [1.807, 2.05) is 0 Å². The molecule has 92 valence electrons. The SMILES string of the molecule is C=CCCOCCNC(=O)c1ccc(=O)[nH]n1. The van der Waals surface area contributed by atoms with Crippen molar-refractivity contribution in [2.45, 2.75) is 6.42 Å². The Kier molecular flexibility index (Phi) is 5.67. The second-order valence-corrected chi connectivity index (χ2v) is 3.25. The molecular formula is C11H15N3O3. The maximum atomic E-state index is 11.5. The predicted octanol–water partition coefficient (Wildman–Crippen LogP) is 0.0924. The fourth-order valence-corrected chi connectivity index (χ4v) is 1.07. The highest BCUT2D eigenvalue weighted by Gasteiger charge is 2.05. The van der Waals surface area contributed by atoms with Gasteiger partial charge in [0.15, 0.2) is 0 Å². The molecule has 0 radical (unpaired) electrons. The van der Waals surface area contributed by atoms with E-state index in [9.17, 15) is 9.59 Å². The number of nitrogens with one attached hydrogen (secondary N) is 2. The molecule has 0 atom stereocenters. The van der Waals surface area contributed by atoms with Crippen molar-refractivity contribution in [1.82, 2.24) is 15.5 Å². The van der Waals surface area contributed by atoms with Crippen molar-refractivity contribution < 1.29 is 9.53 Å². The van der Waals surface area contributed by atoms with Crippen molar-refractivity contribution in [2.24, 2.45) is 0 Å². The van der Waals surface area contributed by atoms with E-state index in [2.05, 4.69) is 22.1 Å². The van der Waals surface area contributed by atoms with Gasteiger partial charge in [-0.25, -0.2) is 5.10 Å². The minimum Gasteiger partial charge on any atom is -0.379 e. The second-order valence-electron chi connectivity index (χ2n) is 3.25. The van der Waals surface area contributed by atoms with Gasteiger partial charge in [-0.15, -0.1) is 6.58 Å².